The summed E-state index contributed by atoms with van der Waals surface area (Å²) in [5, 5.41) is 2.55. The Morgan fingerprint density at radius 3 is 2.11 bits per heavy atom. The van der Waals surface area contributed by atoms with Crippen molar-refractivity contribution in [3.63, 3.8) is 0 Å². The van der Waals surface area contributed by atoms with Gasteiger partial charge in [-0.2, -0.15) is 17.4 Å². The summed E-state index contributed by atoms with van der Waals surface area (Å²) in [4.78, 5) is 11.9. The number of nitrogens with zero attached hydrogens (tertiary/aromatic N) is 4. The first-order valence-electron chi connectivity index (χ1n) is 18.1. The maximum Gasteiger partial charge on any atom is 0.0457 e. The molecule has 0 atom stereocenters. The zero-order chi connectivity index (χ0) is 36.0. The number of pyridine rings is 1. The van der Waals surface area contributed by atoms with E-state index in [1.54, 1.807) is 0 Å². The molecule has 0 fully saturated rings. The van der Waals surface area contributed by atoms with Gasteiger partial charge < -0.3 is 19.7 Å². The second-order valence-electron chi connectivity index (χ2n) is 14.7. The fourth-order valence-electron chi connectivity index (χ4n) is 8.75. The minimum atomic E-state index is -0.298. The predicted molar refractivity (Wildman–Crippen MR) is 223 cm³/mol. The molecule has 0 spiro atoms. The Morgan fingerprint density at radius 1 is 0.685 bits per heavy atom. The molecule has 0 bridgehead atoms. The van der Waals surface area contributed by atoms with Crippen LogP contribution in [-0.2, 0) is 26.5 Å². The van der Waals surface area contributed by atoms with Crippen molar-refractivity contribution >= 4 is 71.3 Å². The van der Waals surface area contributed by atoms with Crippen LogP contribution in [0.3, 0.4) is 0 Å². The first-order chi connectivity index (χ1) is 25.8. The normalized spacial score (nSPS) is 14.2. The number of thiophene rings is 1. The van der Waals surface area contributed by atoms with Crippen molar-refractivity contribution < 1.29 is 21.1 Å². The molecule has 6 aromatic carbocycles. The van der Waals surface area contributed by atoms with E-state index in [1.165, 1.54) is 53.7 Å². The molecule has 54 heavy (non-hydrogen) atoms. The van der Waals surface area contributed by atoms with E-state index in [0.29, 0.717) is 0 Å². The van der Waals surface area contributed by atoms with Gasteiger partial charge in [0.25, 0.3) is 0 Å². The molecule has 4 nitrogen and oxygen atoms in total. The molecule has 268 valence electrons. The summed E-state index contributed by atoms with van der Waals surface area (Å²) < 4.78 is 2.49. The average Bonchev–Trinajstić information content (AvgIpc) is 3.74. The van der Waals surface area contributed by atoms with E-state index in [9.17, 15) is 0 Å². The molecular weight excluding hydrogens is 860 g/mol. The van der Waals surface area contributed by atoms with E-state index in [1.807, 2.05) is 23.6 Å². The summed E-state index contributed by atoms with van der Waals surface area (Å²) in [6.07, 6.45) is 1.88. The number of anilines is 7. The van der Waals surface area contributed by atoms with Crippen molar-refractivity contribution in [2.24, 2.45) is 0 Å². The largest absolute Gasteiger partial charge is 0.493 e. The number of aryl methyl sites for hydroxylation is 3. The molecule has 2 aliphatic rings. The first-order valence-corrected chi connectivity index (χ1v) is 19.0. The standard InChI is InChI=1S/C48H37N4S.Pt/c1-30-25-31(2)46(32(3)26-30)51-29-50(40-21-9-10-22-41(40)51)33-15-14-16-34(27-33)52-39-20-8-7-18-37(39)48(4,5)45-42(52)28-36(38-19-12-13-24-49-38)47-44(45)35-17-6-11-23-43(35)53-47;/h6-26,29H,1-5H3;/q-3;. The summed E-state index contributed by atoms with van der Waals surface area (Å²) in [5.41, 5.74) is 15.6. The van der Waals surface area contributed by atoms with Gasteiger partial charge in [0.2, 0.25) is 0 Å². The zero-order valence-electron chi connectivity index (χ0n) is 30.7. The van der Waals surface area contributed by atoms with Crippen LogP contribution < -0.4 is 14.7 Å². The van der Waals surface area contributed by atoms with Gasteiger partial charge >= 0.3 is 0 Å². The van der Waals surface area contributed by atoms with Crippen LogP contribution in [0.25, 0.3) is 31.4 Å². The maximum atomic E-state index is 4.87. The Bertz CT molecular complexity index is 2730. The fraction of sp³-hybridized carbons (Fsp3) is 0.125. The third-order valence-corrected chi connectivity index (χ3v) is 12.1. The van der Waals surface area contributed by atoms with Crippen molar-refractivity contribution in [3.05, 3.63) is 174 Å². The number of hydrogen-bond donors (Lipinski definition) is 0. The van der Waals surface area contributed by atoms with Crippen LogP contribution >= 0.6 is 11.3 Å². The van der Waals surface area contributed by atoms with E-state index in [2.05, 4.69) is 183 Å². The number of para-hydroxylation sites is 3. The van der Waals surface area contributed by atoms with Gasteiger partial charge in [0.05, 0.1) is 0 Å². The van der Waals surface area contributed by atoms with Gasteiger partial charge in [-0.15, -0.1) is 42.2 Å². The Balaban J connectivity index is 0.00000384. The summed E-state index contributed by atoms with van der Waals surface area (Å²) >= 11 is 1.84. The fourth-order valence-corrected chi connectivity index (χ4v) is 9.96. The minimum Gasteiger partial charge on any atom is -0.493 e. The Kier molecular flexibility index (Phi) is 8.30. The molecule has 0 N–H and O–H groups in total. The summed E-state index contributed by atoms with van der Waals surface area (Å²) in [6, 6.07) is 51.4. The van der Waals surface area contributed by atoms with Crippen molar-refractivity contribution in [2.75, 3.05) is 14.7 Å². The number of aromatic nitrogens is 1. The van der Waals surface area contributed by atoms with E-state index in [4.69, 9.17) is 4.98 Å². The van der Waals surface area contributed by atoms with Gasteiger partial charge in [0, 0.05) is 54.7 Å². The molecule has 2 aliphatic heterocycles. The van der Waals surface area contributed by atoms with Gasteiger partial charge in [-0.25, -0.2) is 0 Å². The van der Waals surface area contributed by atoms with Crippen molar-refractivity contribution in [1.29, 1.82) is 0 Å². The second-order valence-corrected chi connectivity index (χ2v) is 15.8. The molecule has 0 saturated heterocycles. The van der Waals surface area contributed by atoms with E-state index < -0.39 is 0 Å². The van der Waals surface area contributed by atoms with Crippen LogP contribution in [0.2, 0.25) is 0 Å². The Hall–Kier alpha value is -5.22. The SMILES string of the molecule is Cc1cc(C)c(N2[CH-]N(c3[c-]c(N4c5[c-]c(-c6ccccn6)c6sc7ccccc7c6c5C(C)(C)c5ccccc54)ccc3)c3ccccc32)c(C)c1.[Pt]. The van der Waals surface area contributed by atoms with Crippen molar-refractivity contribution in [2.45, 2.75) is 40.0 Å². The van der Waals surface area contributed by atoms with E-state index in [-0.39, 0.29) is 26.5 Å². The zero-order valence-corrected chi connectivity index (χ0v) is 33.8. The predicted octanol–water partition coefficient (Wildman–Crippen LogP) is 13.2. The Labute approximate surface area is 335 Å². The third kappa shape index (κ3) is 5.16. The monoisotopic (exact) mass is 896 g/mol. The molecule has 0 aliphatic carbocycles. The summed E-state index contributed by atoms with van der Waals surface area (Å²) in [6.45, 7) is 13.5. The minimum absolute atomic E-state index is 0. The van der Waals surface area contributed by atoms with Gasteiger partial charge in [-0.3, -0.25) is 0 Å². The number of fused-ring (bicyclic) bond motifs is 7. The quantitative estimate of drug-likeness (QED) is 0.164. The van der Waals surface area contributed by atoms with Crippen molar-refractivity contribution in [3.8, 4) is 11.3 Å². The van der Waals surface area contributed by atoms with Gasteiger partial charge in [-0.05, 0) is 94.7 Å². The molecule has 4 heterocycles. The van der Waals surface area contributed by atoms with Crippen LogP contribution in [0.5, 0.6) is 0 Å². The van der Waals surface area contributed by atoms with Gasteiger partial charge in [0.15, 0.2) is 0 Å². The van der Waals surface area contributed by atoms with E-state index in [0.717, 1.165) is 45.4 Å². The Morgan fingerprint density at radius 2 is 1.35 bits per heavy atom. The molecule has 0 saturated carbocycles. The average molecular weight is 897 g/mol. The van der Waals surface area contributed by atoms with Crippen LogP contribution in [0, 0.1) is 39.6 Å². The topological polar surface area (TPSA) is 22.6 Å². The molecule has 6 heteroatoms. The summed E-state index contributed by atoms with van der Waals surface area (Å²) in [5.74, 6) is 0. The van der Waals surface area contributed by atoms with Gasteiger partial charge in [0.1, 0.15) is 0 Å². The summed E-state index contributed by atoms with van der Waals surface area (Å²) in [7, 11) is 0. The van der Waals surface area contributed by atoms with Crippen LogP contribution in [0.4, 0.5) is 39.8 Å². The number of benzene rings is 6. The molecule has 0 unspecified atom stereocenters. The number of hydrogen-bond acceptors (Lipinski definition) is 5. The molecule has 8 aromatic rings. The molecule has 0 radical (unpaired) electrons. The van der Waals surface area contributed by atoms with Crippen LogP contribution in [-0.4, -0.2) is 4.98 Å². The molecule has 0 amide bonds. The second kappa shape index (κ2) is 13.0. The van der Waals surface area contributed by atoms with Crippen LogP contribution in [0.1, 0.15) is 41.7 Å². The van der Waals surface area contributed by atoms with Gasteiger partial charge in [-0.1, -0.05) is 109 Å². The first kappa shape index (κ1) is 34.5. The molecular formula is C48H37N4PtS-3. The number of rotatable bonds is 4. The molecule has 10 rings (SSSR count). The maximum absolute atomic E-state index is 4.87. The van der Waals surface area contributed by atoms with Crippen molar-refractivity contribution in [1.82, 2.24) is 4.98 Å². The van der Waals surface area contributed by atoms with E-state index >= 15 is 0 Å². The smallest absolute Gasteiger partial charge is 0.0457 e. The third-order valence-electron chi connectivity index (χ3n) is 10.9. The van der Waals surface area contributed by atoms with Crippen LogP contribution in [0.15, 0.2) is 128 Å². The molecule has 2 aromatic heterocycles.